The molecule has 0 fully saturated rings. The Kier molecular flexibility index (Phi) is 15.4. The van der Waals surface area contributed by atoms with E-state index in [-0.39, 0.29) is 38.7 Å². The number of anilines is 1. The van der Waals surface area contributed by atoms with E-state index in [1.165, 1.54) is 13.2 Å². The average Bonchev–Trinajstić information content (AvgIpc) is 3.26. The maximum absolute atomic E-state index is 12.8. The molecule has 11 N–H and O–H groups in total. The first kappa shape index (κ1) is 59.9. The predicted molar refractivity (Wildman–Crippen MR) is 283 cm³/mol. The highest BCUT2D eigenvalue weighted by Gasteiger charge is 2.30. The normalized spacial score (nSPS) is 13.2. The molecule has 432 valence electrons. The predicted octanol–water partition coefficient (Wildman–Crippen LogP) is 8.90. The zero-order valence-corrected chi connectivity index (χ0v) is 45.3. The minimum Gasteiger partial charge on any atom is -0.505 e. The minimum atomic E-state index is -5.57. The van der Waals surface area contributed by atoms with Crippen molar-refractivity contribution in [1.29, 1.82) is 0 Å². The van der Waals surface area contributed by atoms with Crippen LogP contribution < -0.4 is 10.5 Å². The topological polar surface area (TPSA) is 564 Å². The van der Waals surface area contributed by atoms with Crippen LogP contribution in [0.15, 0.2) is 167 Å². The van der Waals surface area contributed by atoms with Crippen molar-refractivity contribution in [1.82, 2.24) is 0 Å². The molecule has 0 atom stereocenters. The number of azo groups is 4. The molecule has 83 heavy (non-hydrogen) atoms. The van der Waals surface area contributed by atoms with Crippen LogP contribution in [0.2, 0.25) is 0 Å². The van der Waals surface area contributed by atoms with Gasteiger partial charge in [0.1, 0.15) is 69.2 Å². The van der Waals surface area contributed by atoms with Crippen molar-refractivity contribution in [2.24, 2.45) is 40.9 Å². The number of phenols is 3. The molecular weight excluding hydrogens is 1230 g/mol. The van der Waals surface area contributed by atoms with E-state index >= 15 is 0 Å². The van der Waals surface area contributed by atoms with Crippen molar-refractivity contribution in [2.45, 2.75) is 29.4 Å². The molecule has 0 bridgehead atoms. The third-order valence-corrected chi connectivity index (χ3v) is 16.7. The third kappa shape index (κ3) is 12.2. The van der Waals surface area contributed by atoms with Gasteiger partial charge in [0.2, 0.25) is 0 Å². The second kappa shape index (κ2) is 21.3. The maximum Gasteiger partial charge on any atom is 0.297 e. The molecule has 0 heterocycles. The standard InChI is InChI=1S/C43H30N10O24S6/c1-77-23-6-9-28(32(15-23)80(65,66)67)48-51-38-34(82(71,72)73)12-19-10-20(4-7-24(19)41(38)54)46-50-40-35(83(74,75)76)16-26-30(78(59,60)61)17-29(37(44)36(26)43(40)56)49-45-21-3-2-18-11-33(81(68,69)70)39(42(55)25(18)13-21)52-47-27-8-5-22(53(57)58)14-31(27)79(62,63)64/h2-17,54-56H,44H2,1H3,(H,59,60,61)(H,62,63,64)(H,65,66,67)(H,68,69,70)(H,71,72,73)(H,74,75,76)/b49-45?,50-46?,51-48-,52-47?. The number of non-ortho nitro benzene ring substituents is 1. The maximum atomic E-state index is 12.8. The highest BCUT2D eigenvalue weighted by Crippen LogP contribution is 2.50. The van der Waals surface area contributed by atoms with Gasteiger partial charge in [-0.3, -0.25) is 37.4 Å². The summed E-state index contributed by atoms with van der Waals surface area (Å²) in [5, 5.41) is 72.2. The van der Waals surface area contributed by atoms with Gasteiger partial charge >= 0.3 is 0 Å². The Morgan fingerprint density at radius 3 is 1.41 bits per heavy atom. The molecule has 34 nitrogen and oxygen atoms in total. The van der Waals surface area contributed by atoms with Crippen LogP contribution in [0, 0.1) is 10.1 Å². The number of nitro groups is 1. The van der Waals surface area contributed by atoms with Gasteiger partial charge in [-0.05, 0) is 83.6 Å². The quantitative estimate of drug-likeness (QED) is 0.0142. The smallest absolute Gasteiger partial charge is 0.297 e. The molecule has 40 heteroatoms. The summed E-state index contributed by atoms with van der Waals surface area (Å²) < 4.78 is 215. The van der Waals surface area contributed by atoms with Gasteiger partial charge in [0, 0.05) is 34.4 Å². The highest BCUT2D eigenvalue weighted by molar-refractivity contribution is 7.87. The van der Waals surface area contributed by atoms with Crippen LogP contribution in [-0.4, -0.2) is 105 Å². The summed E-state index contributed by atoms with van der Waals surface area (Å²) in [5.74, 6) is -3.51. The Bertz CT molecular complexity index is 5040. The molecule has 0 aliphatic carbocycles. The first-order valence-electron chi connectivity index (χ1n) is 21.6. The minimum absolute atomic E-state index is 0.0570. The lowest BCUT2D eigenvalue weighted by Crippen LogP contribution is -2.04. The summed E-state index contributed by atoms with van der Waals surface area (Å²) in [7, 11) is -30.8. The number of fused-ring (bicyclic) bond motifs is 3. The molecule has 8 aromatic carbocycles. The van der Waals surface area contributed by atoms with Crippen LogP contribution >= 0.6 is 0 Å². The van der Waals surface area contributed by atoms with Crippen LogP contribution in [0.3, 0.4) is 0 Å². The van der Waals surface area contributed by atoms with E-state index in [0.717, 1.165) is 66.7 Å². The number of rotatable bonds is 16. The van der Waals surface area contributed by atoms with Crippen molar-refractivity contribution in [3.8, 4) is 23.0 Å². The number of methoxy groups -OCH3 is 1. The van der Waals surface area contributed by atoms with Crippen molar-refractivity contribution in [3.63, 3.8) is 0 Å². The van der Waals surface area contributed by atoms with Crippen LogP contribution in [-0.2, 0) is 60.7 Å². The van der Waals surface area contributed by atoms with E-state index in [2.05, 4.69) is 40.9 Å². The zero-order valence-electron chi connectivity index (χ0n) is 40.4. The number of hydrogen-bond acceptors (Lipinski definition) is 27. The Morgan fingerprint density at radius 2 is 0.867 bits per heavy atom. The van der Waals surface area contributed by atoms with E-state index in [1.54, 1.807) is 0 Å². The van der Waals surface area contributed by atoms with Crippen molar-refractivity contribution < 1.29 is 103 Å². The van der Waals surface area contributed by atoms with Gasteiger partial charge in [-0.2, -0.15) is 60.7 Å². The fraction of sp³-hybridized carbons (Fsp3) is 0.0233. The summed E-state index contributed by atoms with van der Waals surface area (Å²) in [6, 6.07) is 13.5. The molecule has 0 amide bonds. The van der Waals surface area contributed by atoms with Crippen molar-refractivity contribution in [3.05, 3.63) is 107 Å². The molecule has 0 aliphatic heterocycles. The second-order valence-corrected chi connectivity index (χ2v) is 25.0. The van der Waals surface area contributed by atoms with E-state index in [0.29, 0.717) is 24.3 Å². The average molecular weight is 1260 g/mol. The largest absolute Gasteiger partial charge is 0.505 e. The number of phenolic OH excluding ortho intramolecular Hbond substituents is 3. The number of aromatic hydroxyl groups is 3. The van der Waals surface area contributed by atoms with Gasteiger partial charge in [-0.15, -0.1) is 30.7 Å². The SMILES string of the molecule is COc1ccc(/N=N\c2c(S(=O)(=O)O)cc3cc(N=Nc4c(S(=O)(=O)O)cc5c(S(=O)(=O)O)cc(N=Nc6ccc7cc(S(=O)(=O)O)c(N=Nc8ccc([N+](=O)[O-])cc8S(=O)(=O)O)c(O)c7c6)c(N)c5c4O)ccc3c2O)c(S(=O)(=O)O)c1. The first-order valence-corrected chi connectivity index (χ1v) is 30.2. The molecule has 0 aromatic heterocycles. The van der Waals surface area contributed by atoms with Gasteiger partial charge in [0.25, 0.3) is 66.4 Å². The van der Waals surface area contributed by atoms with Gasteiger partial charge in [0.15, 0.2) is 17.2 Å². The Labute approximate surface area is 463 Å². The van der Waals surface area contributed by atoms with Crippen LogP contribution in [0.4, 0.5) is 56.9 Å². The molecular formula is C43H30N10O24S6. The van der Waals surface area contributed by atoms with E-state index < -0.39 is 169 Å². The lowest BCUT2D eigenvalue weighted by atomic mass is 10.0. The summed E-state index contributed by atoms with van der Waals surface area (Å²) in [6.07, 6.45) is 0. The molecule has 0 unspecified atom stereocenters. The molecule has 0 radical (unpaired) electrons. The van der Waals surface area contributed by atoms with Gasteiger partial charge in [0.05, 0.1) is 34.5 Å². The van der Waals surface area contributed by atoms with E-state index in [1.807, 2.05) is 0 Å². The van der Waals surface area contributed by atoms with Gasteiger partial charge in [-0.25, -0.2) is 0 Å². The summed E-state index contributed by atoms with van der Waals surface area (Å²) in [5.41, 5.74) is -1.23. The van der Waals surface area contributed by atoms with Crippen LogP contribution in [0.25, 0.3) is 32.3 Å². The Hall–Kier alpha value is -9.20. The van der Waals surface area contributed by atoms with Gasteiger partial charge in [-0.1, -0.05) is 6.07 Å². The molecule has 0 aliphatic rings. The van der Waals surface area contributed by atoms with Crippen LogP contribution in [0.5, 0.6) is 23.0 Å². The van der Waals surface area contributed by atoms with Crippen molar-refractivity contribution >= 4 is 150 Å². The molecule has 0 spiro atoms. The number of hydrogen-bond donors (Lipinski definition) is 10. The Morgan fingerprint density at radius 1 is 0.422 bits per heavy atom. The fourth-order valence-corrected chi connectivity index (χ4v) is 11.7. The number of ether oxygens (including phenoxy) is 1. The zero-order chi connectivity index (χ0) is 61.3. The molecule has 8 aromatic rings. The molecule has 0 saturated carbocycles. The summed E-state index contributed by atoms with van der Waals surface area (Å²) >= 11 is 0. The third-order valence-electron chi connectivity index (χ3n) is 11.4. The monoisotopic (exact) mass is 1260 g/mol. The van der Waals surface area contributed by atoms with Crippen molar-refractivity contribution in [2.75, 3.05) is 12.8 Å². The fourth-order valence-electron chi connectivity index (χ4n) is 7.72. The number of nitrogens with zero attached hydrogens (tertiary/aromatic N) is 9. The van der Waals surface area contributed by atoms with E-state index in [9.17, 15) is 103 Å². The summed E-state index contributed by atoms with van der Waals surface area (Å²) in [4.78, 5) is 3.36. The Balaban J connectivity index is 1.23. The van der Waals surface area contributed by atoms with Crippen LogP contribution in [0.1, 0.15) is 0 Å². The number of benzene rings is 8. The highest BCUT2D eigenvalue weighted by atomic mass is 32.2. The molecule has 8 rings (SSSR count). The number of nitrogen functional groups attached to an aromatic ring is 1. The lowest BCUT2D eigenvalue weighted by Gasteiger charge is -2.14. The lowest BCUT2D eigenvalue weighted by molar-refractivity contribution is -0.385. The number of nitrogens with two attached hydrogens (primary N) is 1. The van der Waals surface area contributed by atoms with E-state index in [4.69, 9.17) is 10.5 Å². The first-order chi connectivity index (χ1) is 38.4. The van der Waals surface area contributed by atoms with Gasteiger partial charge < -0.3 is 25.8 Å². The summed E-state index contributed by atoms with van der Waals surface area (Å²) in [6.45, 7) is 0. The second-order valence-electron chi connectivity index (χ2n) is 16.6. The number of nitro benzene ring substituents is 1. The molecule has 0 saturated heterocycles.